The lowest BCUT2D eigenvalue weighted by molar-refractivity contribution is -0.129. The smallest absolute Gasteiger partial charge is 0.329 e. The summed E-state index contributed by atoms with van der Waals surface area (Å²) < 4.78 is 42.6. The van der Waals surface area contributed by atoms with E-state index in [1.165, 1.54) is 12.1 Å². The number of hydrogen-bond acceptors (Lipinski definition) is 4. The number of fused-ring (bicyclic) bond motifs is 3. The Morgan fingerprint density at radius 3 is 2.37 bits per heavy atom. The molecule has 1 amide bonds. The predicted molar refractivity (Wildman–Crippen MR) is 123 cm³/mol. The third-order valence-electron chi connectivity index (χ3n) is 7.77. The number of aromatic nitrogens is 2. The number of likely N-dealkylation sites (N-methyl/N-ethyl adjacent to an activating group) is 1. The van der Waals surface area contributed by atoms with Crippen molar-refractivity contribution in [1.29, 1.82) is 0 Å². The molecule has 3 heterocycles. The number of nitrogens with zero attached hydrogens (tertiary/aromatic N) is 2. The SMILES string of the molecule is C[C@@H](NC(=O)[C@@H](n1c(=O)[nH]c2ccc(F)cc2c1=O)C12CCC(CC1)N2C)c1ccc(F)cc1F. The Morgan fingerprint density at radius 2 is 1.74 bits per heavy atom. The lowest BCUT2D eigenvalue weighted by Crippen LogP contribution is -2.57. The molecular weight excluding hydrogens is 461 g/mol. The van der Waals surface area contributed by atoms with Crippen LogP contribution < -0.4 is 16.6 Å². The maximum absolute atomic E-state index is 14.4. The van der Waals surface area contributed by atoms with Gasteiger partial charge in [-0.15, -0.1) is 0 Å². The topological polar surface area (TPSA) is 87.2 Å². The molecule has 0 spiro atoms. The van der Waals surface area contributed by atoms with Crippen molar-refractivity contribution in [3.63, 3.8) is 0 Å². The van der Waals surface area contributed by atoms with Crippen molar-refractivity contribution < 1.29 is 18.0 Å². The van der Waals surface area contributed by atoms with Crippen molar-refractivity contribution in [3.05, 3.63) is 80.3 Å². The number of carbonyl (C=O) groups excluding carboxylic acids is 1. The van der Waals surface area contributed by atoms with Gasteiger partial charge in [-0.3, -0.25) is 14.5 Å². The lowest BCUT2D eigenvalue weighted by atomic mass is 9.80. The first kappa shape index (κ1) is 23.3. The Kier molecular flexibility index (Phi) is 5.58. The fourth-order valence-electron chi connectivity index (χ4n) is 5.93. The number of carbonyl (C=O) groups is 1. The molecule has 2 fully saturated rings. The van der Waals surface area contributed by atoms with E-state index in [0.717, 1.165) is 41.7 Å². The minimum absolute atomic E-state index is 0.0494. The summed E-state index contributed by atoms with van der Waals surface area (Å²) in [5.41, 5.74) is -2.13. The van der Waals surface area contributed by atoms with Crippen LogP contribution in [0, 0.1) is 17.5 Å². The predicted octanol–water partition coefficient (Wildman–Crippen LogP) is 3.15. The van der Waals surface area contributed by atoms with Crippen molar-refractivity contribution in [2.24, 2.45) is 0 Å². The fraction of sp³-hybridized carbons (Fsp3) is 0.400. The highest BCUT2D eigenvalue weighted by molar-refractivity contribution is 5.83. The second-order valence-electron chi connectivity index (χ2n) is 9.54. The molecule has 2 aromatic carbocycles. The summed E-state index contributed by atoms with van der Waals surface area (Å²) in [4.78, 5) is 45.1. The Bertz CT molecular complexity index is 1440. The number of benzene rings is 2. The van der Waals surface area contributed by atoms with Gasteiger partial charge < -0.3 is 10.3 Å². The van der Waals surface area contributed by atoms with E-state index in [2.05, 4.69) is 10.3 Å². The van der Waals surface area contributed by atoms with Crippen molar-refractivity contribution in [1.82, 2.24) is 19.8 Å². The van der Waals surface area contributed by atoms with Gasteiger partial charge >= 0.3 is 5.69 Å². The number of rotatable bonds is 5. The molecule has 2 atom stereocenters. The van der Waals surface area contributed by atoms with Gasteiger partial charge in [-0.2, -0.15) is 0 Å². The van der Waals surface area contributed by atoms with E-state index in [1.807, 2.05) is 11.9 Å². The zero-order valence-electron chi connectivity index (χ0n) is 19.3. The minimum atomic E-state index is -1.24. The summed E-state index contributed by atoms with van der Waals surface area (Å²) in [5, 5.41) is 2.68. The number of nitrogens with one attached hydrogen (secondary N) is 2. The van der Waals surface area contributed by atoms with Gasteiger partial charge in [0.1, 0.15) is 23.5 Å². The highest BCUT2D eigenvalue weighted by Gasteiger charge is 2.57. The van der Waals surface area contributed by atoms with Crippen LogP contribution in [-0.2, 0) is 4.79 Å². The second-order valence-corrected chi connectivity index (χ2v) is 9.54. The van der Waals surface area contributed by atoms with Crippen molar-refractivity contribution in [2.75, 3.05) is 7.05 Å². The molecular formula is C25H25F3N4O3. The van der Waals surface area contributed by atoms with Crippen LogP contribution in [0.3, 0.4) is 0 Å². The van der Waals surface area contributed by atoms with Crippen LogP contribution in [0.4, 0.5) is 13.2 Å². The maximum atomic E-state index is 14.4. The molecule has 5 rings (SSSR count). The summed E-state index contributed by atoms with van der Waals surface area (Å²) in [7, 11) is 1.87. The van der Waals surface area contributed by atoms with Gasteiger partial charge in [-0.25, -0.2) is 22.5 Å². The molecule has 2 N–H and O–H groups in total. The summed E-state index contributed by atoms with van der Waals surface area (Å²) >= 11 is 0. The number of hydrogen-bond donors (Lipinski definition) is 2. The number of halogens is 3. The molecule has 7 nitrogen and oxygen atoms in total. The maximum Gasteiger partial charge on any atom is 0.329 e. The molecule has 0 unspecified atom stereocenters. The molecule has 3 aromatic rings. The van der Waals surface area contributed by atoms with Crippen LogP contribution in [0.25, 0.3) is 10.9 Å². The zero-order valence-corrected chi connectivity index (χ0v) is 19.3. The molecule has 35 heavy (non-hydrogen) atoms. The fourth-order valence-corrected chi connectivity index (χ4v) is 5.93. The highest BCUT2D eigenvalue weighted by atomic mass is 19.1. The van der Waals surface area contributed by atoms with Gasteiger partial charge in [-0.05, 0) is 63.9 Å². The van der Waals surface area contributed by atoms with Crippen LogP contribution in [0.2, 0.25) is 0 Å². The van der Waals surface area contributed by atoms with Crippen LogP contribution in [0.5, 0.6) is 0 Å². The Labute approximate surface area is 198 Å². The largest absolute Gasteiger partial charge is 0.348 e. The van der Waals surface area contributed by atoms with Gasteiger partial charge in [0, 0.05) is 17.7 Å². The summed E-state index contributed by atoms with van der Waals surface area (Å²) in [6, 6.07) is 4.65. The van der Waals surface area contributed by atoms with Crippen molar-refractivity contribution in [3.8, 4) is 0 Å². The van der Waals surface area contributed by atoms with Crippen LogP contribution in [0.1, 0.15) is 50.3 Å². The molecule has 2 bridgehead atoms. The van der Waals surface area contributed by atoms with Crippen LogP contribution in [-0.4, -0.2) is 39.0 Å². The van der Waals surface area contributed by atoms with Crippen molar-refractivity contribution >= 4 is 16.8 Å². The molecule has 2 saturated heterocycles. The van der Waals surface area contributed by atoms with E-state index in [0.29, 0.717) is 12.8 Å². The molecule has 2 aliphatic heterocycles. The van der Waals surface area contributed by atoms with E-state index in [9.17, 15) is 27.6 Å². The monoisotopic (exact) mass is 486 g/mol. The summed E-state index contributed by atoms with van der Waals surface area (Å²) in [6.07, 6.45) is 2.77. The summed E-state index contributed by atoms with van der Waals surface area (Å²) in [6.45, 7) is 1.54. The zero-order chi connectivity index (χ0) is 25.1. The standard InChI is InChI=1S/C25H25F3N4O3/c1-13(17-5-3-15(27)12-19(17)28)29-22(33)21(25-9-7-16(8-10-25)31(25)2)32-23(34)18-11-14(26)4-6-20(18)30-24(32)35/h3-6,11-13,16,21H,7-10H2,1-2H3,(H,29,33)(H,30,35)/t13-,16?,21-,25?/m1/s1. The number of amides is 1. The Morgan fingerprint density at radius 1 is 1.09 bits per heavy atom. The Hall–Kier alpha value is -3.40. The average molecular weight is 486 g/mol. The summed E-state index contributed by atoms with van der Waals surface area (Å²) in [5.74, 6) is -2.85. The second kappa shape index (κ2) is 8.37. The van der Waals surface area contributed by atoms with Gasteiger partial charge in [-0.1, -0.05) is 6.07 Å². The Balaban J connectivity index is 1.63. The minimum Gasteiger partial charge on any atom is -0.348 e. The van der Waals surface area contributed by atoms with Gasteiger partial charge in [0.15, 0.2) is 0 Å². The lowest BCUT2D eigenvalue weighted by Gasteiger charge is -2.40. The third kappa shape index (κ3) is 3.67. The normalized spacial score (nSPS) is 23.5. The molecule has 184 valence electrons. The molecule has 0 radical (unpaired) electrons. The highest BCUT2D eigenvalue weighted by Crippen LogP contribution is 2.50. The molecule has 10 heteroatoms. The van der Waals surface area contributed by atoms with Crippen LogP contribution >= 0.6 is 0 Å². The van der Waals surface area contributed by atoms with E-state index < -0.39 is 52.2 Å². The number of aromatic amines is 1. The molecule has 2 aliphatic rings. The third-order valence-corrected chi connectivity index (χ3v) is 7.77. The van der Waals surface area contributed by atoms with E-state index in [1.54, 1.807) is 6.92 Å². The van der Waals surface area contributed by atoms with Crippen LogP contribution in [0.15, 0.2) is 46.0 Å². The number of H-pyrrole nitrogens is 1. The first-order chi connectivity index (χ1) is 16.6. The van der Waals surface area contributed by atoms with Gasteiger partial charge in [0.05, 0.1) is 22.5 Å². The van der Waals surface area contributed by atoms with Gasteiger partial charge in [0.25, 0.3) is 5.56 Å². The van der Waals surface area contributed by atoms with E-state index in [4.69, 9.17) is 0 Å². The van der Waals surface area contributed by atoms with E-state index in [-0.39, 0.29) is 22.5 Å². The molecule has 1 aromatic heterocycles. The molecule has 0 saturated carbocycles. The average Bonchev–Trinajstić information content (AvgIpc) is 3.29. The first-order valence-corrected chi connectivity index (χ1v) is 11.5. The van der Waals surface area contributed by atoms with Crippen molar-refractivity contribution in [2.45, 2.75) is 56.3 Å². The quantitative estimate of drug-likeness (QED) is 0.580. The first-order valence-electron chi connectivity index (χ1n) is 11.5. The molecule has 0 aliphatic carbocycles. The van der Waals surface area contributed by atoms with E-state index >= 15 is 0 Å². The van der Waals surface area contributed by atoms with Gasteiger partial charge in [0.2, 0.25) is 5.91 Å².